The number of halogens is 2. The number of alkyl halides is 2. The molecular weight excluding hydrogens is 190 g/mol. The van der Waals surface area contributed by atoms with Gasteiger partial charge in [-0.15, -0.1) is 0 Å². The van der Waals surface area contributed by atoms with Gasteiger partial charge in [0.05, 0.1) is 7.11 Å². The minimum atomic E-state index is -2.57. The van der Waals surface area contributed by atoms with Crippen LogP contribution < -0.4 is 16.0 Å². The molecule has 0 saturated carbocycles. The molecule has 0 radical (unpaired) electrons. The Morgan fingerprint density at radius 2 is 2.00 bits per heavy atom. The van der Waals surface area contributed by atoms with Crippen LogP contribution in [-0.4, -0.2) is 13.5 Å². The van der Waals surface area contributed by atoms with Gasteiger partial charge >= 0.3 is 0 Å². The van der Waals surface area contributed by atoms with Gasteiger partial charge in [0, 0.05) is 5.56 Å². The third-order valence-corrected chi connectivity index (χ3v) is 1.91. The van der Waals surface area contributed by atoms with E-state index < -0.39 is 12.5 Å². The lowest BCUT2D eigenvalue weighted by molar-refractivity contribution is 0.0973. The van der Waals surface area contributed by atoms with Gasteiger partial charge < -0.3 is 4.74 Å². The van der Waals surface area contributed by atoms with Crippen LogP contribution in [0.1, 0.15) is 11.6 Å². The van der Waals surface area contributed by atoms with Crippen molar-refractivity contribution < 1.29 is 13.5 Å². The maximum absolute atomic E-state index is 12.5. The predicted molar refractivity (Wildman–Crippen MR) is 49.1 cm³/mol. The molecular formula is C9H12F2N2O. The molecule has 0 heterocycles. The number of rotatable bonds is 4. The number of ether oxygens (including phenoxy) is 1. The summed E-state index contributed by atoms with van der Waals surface area (Å²) in [6.45, 7) is 0. The Morgan fingerprint density at radius 1 is 1.36 bits per heavy atom. The summed E-state index contributed by atoms with van der Waals surface area (Å²) >= 11 is 0. The van der Waals surface area contributed by atoms with Crippen molar-refractivity contribution in [3.63, 3.8) is 0 Å². The molecule has 0 saturated heterocycles. The number of nitrogens with two attached hydrogens (primary N) is 1. The van der Waals surface area contributed by atoms with Crippen molar-refractivity contribution in [2.24, 2.45) is 5.84 Å². The Labute approximate surface area is 80.8 Å². The quantitative estimate of drug-likeness (QED) is 0.574. The summed E-state index contributed by atoms with van der Waals surface area (Å²) in [6.07, 6.45) is -2.57. The fraction of sp³-hybridized carbons (Fsp3) is 0.333. The minimum absolute atomic E-state index is 0.354. The fourth-order valence-corrected chi connectivity index (χ4v) is 1.22. The second kappa shape index (κ2) is 4.88. The monoisotopic (exact) mass is 202 g/mol. The van der Waals surface area contributed by atoms with Crippen LogP contribution in [-0.2, 0) is 0 Å². The van der Waals surface area contributed by atoms with E-state index in [0.29, 0.717) is 11.3 Å². The van der Waals surface area contributed by atoms with Crippen molar-refractivity contribution in [1.82, 2.24) is 5.43 Å². The molecule has 1 unspecified atom stereocenters. The van der Waals surface area contributed by atoms with Crippen LogP contribution >= 0.6 is 0 Å². The van der Waals surface area contributed by atoms with Crippen LogP contribution in [0.5, 0.6) is 5.75 Å². The highest BCUT2D eigenvalue weighted by molar-refractivity contribution is 5.36. The Bertz CT molecular complexity index is 294. The van der Waals surface area contributed by atoms with E-state index in [0.717, 1.165) is 0 Å². The fourth-order valence-electron chi connectivity index (χ4n) is 1.22. The minimum Gasteiger partial charge on any atom is -0.496 e. The number of hydrogen-bond acceptors (Lipinski definition) is 3. The maximum atomic E-state index is 12.5. The molecule has 5 heteroatoms. The van der Waals surface area contributed by atoms with E-state index in [1.807, 2.05) is 0 Å². The predicted octanol–water partition coefficient (Wildman–Crippen LogP) is 1.46. The average Bonchev–Trinajstić information content (AvgIpc) is 2.19. The highest BCUT2D eigenvalue weighted by Crippen LogP contribution is 2.28. The molecule has 0 aliphatic rings. The zero-order valence-corrected chi connectivity index (χ0v) is 7.71. The van der Waals surface area contributed by atoms with Gasteiger partial charge in [0.2, 0.25) is 0 Å². The lowest BCUT2D eigenvalue weighted by Crippen LogP contribution is -2.33. The number of para-hydroxylation sites is 1. The zero-order chi connectivity index (χ0) is 10.6. The molecule has 78 valence electrons. The zero-order valence-electron chi connectivity index (χ0n) is 7.71. The molecule has 0 amide bonds. The van der Waals surface area contributed by atoms with Gasteiger partial charge in [-0.05, 0) is 6.07 Å². The van der Waals surface area contributed by atoms with E-state index in [1.165, 1.54) is 7.11 Å². The molecule has 3 N–H and O–H groups in total. The van der Waals surface area contributed by atoms with Gasteiger partial charge in [-0.2, -0.15) is 0 Å². The third kappa shape index (κ3) is 2.18. The molecule has 0 aromatic heterocycles. The van der Waals surface area contributed by atoms with Crippen LogP contribution in [0.2, 0.25) is 0 Å². The summed E-state index contributed by atoms with van der Waals surface area (Å²) in [4.78, 5) is 0. The van der Waals surface area contributed by atoms with Crippen LogP contribution in [0.15, 0.2) is 24.3 Å². The summed E-state index contributed by atoms with van der Waals surface area (Å²) in [5.41, 5.74) is 2.42. The third-order valence-electron chi connectivity index (χ3n) is 1.91. The molecule has 1 rings (SSSR count). The Kier molecular flexibility index (Phi) is 3.79. The standard InChI is InChI=1S/C9H12F2N2O/c1-14-7-5-3-2-4-6(7)8(13-12)9(10)11/h2-5,8-9,13H,12H2,1H3. The molecule has 0 aliphatic heterocycles. The maximum Gasteiger partial charge on any atom is 0.259 e. The van der Waals surface area contributed by atoms with E-state index in [4.69, 9.17) is 10.6 Å². The first-order valence-corrected chi connectivity index (χ1v) is 4.08. The Hall–Kier alpha value is -1.20. The number of hydrogen-bond donors (Lipinski definition) is 2. The van der Waals surface area contributed by atoms with Crippen molar-refractivity contribution in [3.8, 4) is 5.75 Å². The first-order valence-electron chi connectivity index (χ1n) is 4.08. The summed E-state index contributed by atoms with van der Waals surface area (Å²) in [5.74, 6) is 5.44. The van der Waals surface area contributed by atoms with Crippen LogP contribution in [0.25, 0.3) is 0 Å². The van der Waals surface area contributed by atoms with Gasteiger partial charge in [0.15, 0.2) is 0 Å². The molecule has 0 aliphatic carbocycles. The van der Waals surface area contributed by atoms with Crippen molar-refractivity contribution in [2.75, 3.05) is 7.11 Å². The van der Waals surface area contributed by atoms with Crippen LogP contribution in [0, 0.1) is 0 Å². The van der Waals surface area contributed by atoms with Gasteiger partial charge in [-0.3, -0.25) is 5.84 Å². The number of benzene rings is 1. The number of hydrazine groups is 1. The van der Waals surface area contributed by atoms with Gasteiger partial charge in [-0.1, -0.05) is 18.2 Å². The number of nitrogens with one attached hydrogen (secondary N) is 1. The van der Waals surface area contributed by atoms with Gasteiger partial charge in [0.25, 0.3) is 6.43 Å². The van der Waals surface area contributed by atoms with Crippen LogP contribution in [0.3, 0.4) is 0 Å². The van der Waals surface area contributed by atoms with Crippen molar-refractivity contribution >= 4 is 0 Å². The summed E-state index contributed by atoms with van der Waals surface area (Å²) in [6, 6.07) is 5.33. The molecule has 0 spiro atoms. The van der Waals surface area contributed by atoms with E-state index in [1.54, 1.807) is 24.3 Å². The number of methoxy groups -OCH3 is 1. The normalized spacial score (nSPS) is 12.9. The van der Waals surface area contributed by atoms with Crippen LogP contribution in [0.4, 0.5) is 8.78 Å². The van der Waals surface area contributed by atoms with Crippen molar-refractivity contribution in [2.45, 2.75) is 12.5 Å². The highest BCUT2D eigenvalue weighted by atomic mass is 19.3. The second-order valence-corrected chi connectivity index (χ2v) is 2.72. The lowest BCUT2D eigenvalue weighted by atomic mass is 10.1. The molecule has 1 atom stereocenters. The largest absolute Gasteiger partial charge is 0.496 e. The Balaban J connectivity index is 3.02. The first-order chi connectivity index (χ1) is 6.70. The van der Waals surface area contributed by atoms with Gasteiger partial charge in [-0.25, -0.2) is 14.2 Å². The van der Waals surface area contributed by atoms with E-state index >= 15 is 0 Å². The van der Waals surface area contributed by atoms with E-state index in [2.05, 4.69) is 5.43 Å². The summed E-state index contributed by atoms with van der Waals surface area (Å²) in [5, 5.41) is 0. The smallest absolute Gasteiger partial charge is 0.259 e. The second-order valence-electron chi connectivity index (χ2n) is 2.72. The molecule has 3 nitrogen and oxygen atoms in total. The first kappa shape index (κ1) is 10.9. The lowest BCUT2D eigenvalue weighted by Gasteiger charge is -2.17. The summed E-state index contributed by atoms with van der Waals surface area (Å²) in [7, 11) is 1.43. The SMILES string of the molecule is COc1ccccc1C(NN)C(F)F. The molecule has 0 bridgehead atoms. The molecule has 14 heavy (non-hydrogen) atoms. The molecule has 0 fully saturated rings. The summed E-state index contributed by atoms with van der Waals surface area (Å²) < 4.78 is 30.0. The highest BCUT2D eigenvalue weighted by Gasteiger charge is 2.23. The van der Waals surface area contributed by atoms with E-state index in [-0.39, 0.29) is 0 Å². The molecule has 1 aromatic rings. The van der Waals surface area contributed by atoms with E-state index in [9.17, 15) is 8.78 Å². The van der Waals surface area contributed by atoms with Gasteiger partial charge in [0.1, 0.15) is 11.8 Å². The topological polar surface area (TPSA) is 47.3 Å². The average molecular weight is 202 g/mol. The molecule has 1 aromatic carbocycles. The Morgan fingerprint density at radius 3 is 2.50 bits per heavy atom. The van der Waals surface area contributed by atoms with Crippen molar-refractivity contribution in [1.29, 1.82) is 0 Å². The van der Waals surface area contributed by atoms with Crippen molar-refractivity contribution in [3.05, 3.63) is 29.8 Å².